The van der Waals surface area contributed by atoms with Crippen LogP contribution in [0.2, 0.25) is 10.0 Å². The normalized spacial score (nSPS) is 17.8. The topological polar surface area (TPSA) is 80.0 Å². The maximum atomic E-state index is 13.7. The zero-order valence-corrected chi connectivity index (χ0v) is 18.4. The minimum Gasteiger partial charge on any atom is -0.507 e. The molecule has 1 N–H and O–H groups in total. The molecular weight excluding hydrogens is 460 g/mol. The van der Waals surface area contributed by atoms with Crippen molar-refractivity contribution in [1.29, 1.82) is 0 Å². The molecule has 1 aliphatic heterocycles. The summed E-state index contributed by atoms with van der Waals surface area (Å²) in [5, 5.41) is 11.0. The monoisotopic (exact) mass is 475 g/mol. The first kappa shape index (κ1) is 21.9. The highest BCUT2D eigenvalue weighted by molar-refractivity contribution is 6.52. The first-order valence-corrected chi connectivity index (χ1v) is 10.1. The van der Waals surface area contributed by atoms with Crippen LogP contribution in [0, 0.1) is 12.7 Å². The van der Waals surface area contributed by atoms with Gasteiger partial charge in [-0.25, -0.2) is 4.39 Å². The lowest BCUT2D eigenvalue weighted by Crippen LogP contribution is -2.29. The summed E-state index contributed by atoms with van der Waals surface area (Å²) in [5.74, 6) is -1.93. The van der Waals surface area contributed by atoms with Gasteiger partial charge in [-0.2, -0.15) is 0 Å². The Balaban J connectivity index is 1.97. The number of ketones is 1. The molecule has 1 amide bonds. The van der Waals surface area contributed by atoms with Gasteiger partial charge in [0.1, 0.15) is 34.9 Å². The Bertz CT molecular complexity index is 1280. The fourth-order valence-corrected chi connectivity index (χ4v) is 3.94. The molecule has 9 heteroatoms. The molecule has 1 atom stereocenters. The van der Waals surface area contributed by atoms with Crippen LogP contribution in [0.25, 0.3) is 5.76 Å². The van der Waals surface area contributed by atoms with E-state index in [0.29, 0.717) is 11.5 Å². The number of furan rings is 1. The Morgan fingerprint density at radius 2 is 1.84 bits per heavy atom. The summed E-state index contributed by atoms with van der Waals surface area (Å²) in [6.45, 7) is 1.70. The molecule has 0 saturated carbocycles. The van der Waals surface area contributed by atoms with E-state index in [1.54, 1.807) is 25.1 Å². The largest absolute Gasteiger partial charge is 0.507 e. The third kappa shape index (κ3) is 3.63. The Morgan fingerprint density at radius 1 is 1.09 bits per heavy atom. The van der Waals surface area contributed by atoms with Crippen molar-refractivity contribution in [2.75, 3.05) is 12.0 Å². The van der Waals surface area contributed by atoms with Gasteiger partial charge >= 0.3 is 0 Å². The first-order valence-electron chi connectivity index (χ1n) is 9.39. The van der Waals surface area contributed by atoms with Crippen molar-refractivity contribution in [3.05, 3.63) is 87.1 Å². The third-order valence-corrected chi connectivity index (χ3v) is 5.70. The molecular formula is C23H16Cl2FNO5. The molecule has 0 bridgehead atoms. The highest BCUT2D eigenvalue weighted by atomic mass is 35.5. The second-order valence-electron chi connectivity index (χ2n) is 7.06. The lowest BCUT2D eigenvalue weighted by atomic mass is 9.99. The Hall–Kier alpha value is -3.29. The number of halogens is 3. The van der Waals surface area contributed by atoms with Gasteiger partial charge < -0.3 is 14.3 Å². The van der Waals surface area contributed by atoms with Gasteiger partial charge in [0.2, 0.25) is 0 Å². The number of amides is 1. The van der Waals surface area contributed by atoms with Gasteiger partial charge in [-0.15, -0.1) is 0 Å². The van der Waals surface area contributed by atoms with E-state index in [2.05, 4.69) is 0 Å². The average Bonchev–Trinajstić information content (AvgIpc) is 3.31. The van der Waals surface area contributed by atoms with E-state index in [-0.39, 0.29) is 32.6 Å². The summed E-state index contributed by atoms with van der Waals surface area (Å²) in [7, 11) is 1.44. The number of nitrogens with zero attached hydrogens (tertiary/aromatic N) is 1. The van der Waals surface area contributed by atoms with E-state index in [0.717, 1.165) is 11.0 Å². The minimum atomic E-state index is -1.13. The molecule has 164 valence electrons. The highest BCUT2D eigenvalue weighted by Crippen LogP contribution is 2.44. The lowest BCUT2D eigenvalue weighted by molar-refractivity contribution is -0.132. The standard InChI is InChI=1S/C23H16Cl2FNO5/c1-11-3-8-18(32-11)20-19(21(28)14-10-13(31-2)5-6-15(14)24)22(29)23(30)27(20)12-4-7-17(26)16(25)9-12/h3-10,20,28H,1-2H3/b21-19-. The van der Waals surface area contributed by atoms with Crippen LogP contribution in [-0.4, -0.2) is 23.9 Å². The van der Waals surface area contributed by atoms with Crippen LogP contribution in [0.15, 0.2) is 58.5 Å². The van der Waals surface area contributed by atoms with E-state index >= 15 is 0 Å². The van der Waals surface area contributed by atoms with E-state index in [9.17, 15) is 19.1 Å². The summed E-state index contributed by atoms with van der Waals surface area (Å²) >= 11 is 12.2. The number of carbonyl (C=O) groups is 2. The van der Waals surface area contributed by atoms with Gasteiger partial charge in [0, 0.05) is 11.3 Å². The molecule has 1 aromatic heterocycles. The predicted octanol–water partition coefficient (Wildman–Crippen LogP) is 5.67. The summed E-state index contributed by atoms with van der Waals surface area (Å²) in [6, 6.07) is 10.3. The van der Waals surface area contributed by atoms with Gasteiger partial charge in [0.05, 0.1) is 22.7 Å². The quantitative estimate of drug-likeness (QED) is 0.298. The van der Waals surface area contributed by atoms with E-state index < -0.39 is 29.3 Å². The molecule has 0 aliphatic carbocycles. The van der Waals surface area contributed by atoms with Gasteiger partial charge in [0.25, 0.3) is 11.7 Å². The summed E-state index contributed by atoms with van der Waals surface area (Å²) in [5.41, 5.74) is 0.0303. The fourth-order valence-electron chi connectivity index (χ4n) is 3.56. The first-order chi connectivity index (χ1) is 15.2. The molecule has 2 aromatic carbocycles. The fraction of sp³-hybridized carbons (Fsp3) is 0.130. The van der Waals surface area contributed by atoms with Crippen molar-refractivity contribution < 1.29 is 28.2 Å². The number of rotatable bonds is 4. The van der Waals surface area contributed by atoms with Crippen molar-refractivity contribution in [3.8, 4) is 5.75 Å². The summed E-state index contributed by atoms with van der Waals surface area (Å²) in [6.07, 6.45) is 0. The van der Waals surface area contributed by atoms with Crippen molar-refractivity contribution >= 4 is 46.3 Å². The van der Waals surface area contributed by atoms with E-state index in [4.69, 9.17) is 32.4 Å². The molecule has 0 radical (unpaired) electrons. The number of Topliss-reactive ketones (excluding diaryl/α,β-unsaturated/α-hetero) is 1. The molecule has 4 rings (SSSR count). The molecule has 3 aromatic rings. The molecule has 6 nitrogen and oxygen atoms in total. The molecule has 0 spiro atoms. The van der Waals surface area contributed by atoms with Gasteiger partial charge in [0.15, 0.2) is 0 Å². The van der Waals surface area contributed by atoms with Crippen LogP contribution in [0.4, 0.5) is 10.1 Å². The molecule has 1 saturated heterocycles. The number of hydrogen-bond donors (Lipinski definition) is 1. The van der Waals surface area contributed by atoms with Crippen molar-refractivity contribution in [2.45, 2.75) is 13.0 Å². The number of methoxy groups -OCH3 is 1. The second-order valence-corrected chi connectivity index (χ2v) is 7.88. The third-order valence-electron chi connectivity index (χ3n) is 5.09. The number of anilines is 1. The number of aryl methyl sites for hydroxylation is 1. The Labute approximate surface area is 192 Å². The number of benzene rings is 2. The second kappa shape index (κ2) is 8.33. The van der Waals surface area contributed by atoms with Crippen LogP contribution < -0.4 is 9.64 Å². The molecule has 2 heterocycles. The van der Waals surface area contributed by atoms with E-state index in [1.165, 1.54) is 31.4 Å². The number of carbonyl (C=O) groups excluding carboxylic acids is 2. The minimum absolute atomic E-state index is 0.106. The number of aliphatic hydroxyl groups excluding tert-OH is 1. The SMILES string of the molecule is COc1ccc(Cl)c(/C(O)=C2/C(=O)C(=O)N(c3ccc(F)c(Cl)c3)C2c2ccc(C)o2)c1. The van der Waals surface area contributed by atoms with Crippen LogP contribution in [0.5, 0.6) is 5.75 Å². The maximum absolute atomic E-state index is 13.7. The Morgan fingerprint density at radius 3 is 2.47 bits per heavy atom. The van der Waals surface area contributed by atoms with Crippen molar-refractivity contribution in [2.24, 2.45) is 0 Å². The number of ether oxygens (including phenoxy) is 1. The Kier molecular flexibility index (Phi) is 5.71. The summed E-state index contributed by atoms with van der Waals surface area (Å²) < 4.78 is 24.6. The molecule has 1 unspecified atom stereocenters. The van der Waals surface area contributed by atoms with Crippen LogP contribution >= 0.6 is 23.2 Å². The van der Waals surface area contributed by atoms with E-state index in [1.807, 2.05) is 0 Å². The van der Waals surface area contributed by atoms with Gasteiger partial charge in [-0.3, -0.25) is 14.5 Å². The molecule has 32 heavy (non-hydrogen) atoms. The number of hydrogen-bond acceptors (Lipinski definition) is 5. The highest BCUT2D eigenvalue weighted by Gasteiger charge is 2.48. The zero-order valence-electron chi connectivity index (χ0n) is 16.9. The number of aliphatic hydroxyl groups is 1. The van der Waals surface area contributed by atoms with Crippen LogP contribution in [-0.2, 0) is 9.59 Å². The maximum Gasteiger partial charge on any atom is 0.300 e. The van der Waals surface area contributed by atoms with Crippen molar-refractivity contribution in [3.63, 3.8) is 0 Å². The van der Waals surface area contributed by atoms with Gasteiger partial charge in [-0.05, 0) is 55.5 Å². The van der Waals surface area contributed by atoms with Crippen LogP contribution in [0.1, 0.15) is 23.1 Å². The van der Waals surface area contributed by atoms with Crippen molar-refractivity contribution in [1.82, 2.24) is 0 Å². The zero-order chi connectivity index (χ0) is 23.2. The lowest BCUT2D eigenvalue weighted by Gasteiger charge is -2.23. The molecule has 1 aliphatic rings. The summed E-state index contributed by atoms with van der Waals surface area (Å²) in [4.78, 5) is 27.2. The predicted molar refractivity (Wildman–Crippen MR) is 118 cm³/mol. The average molecular weight is 476 g/mol. The molecule has 1 fully saturated rings. The van der Waals surface area contributed by atoms with Crippen LogP contribution in [0.3, 0.4) is 0 Å². The smallest absolute Gasteiger partial charge is 0.300 e. The van der Waals surface area contributed by atoms with Gasteiger partial charge in [-0.1, -0.05) is 23.2 Å².